The SMILES string of the molecule is COc1cc(CNCC(C)CCO)c(Br)cc1O. The number of aliphatic hydroxyl groups is 1. The zero-order valence-electron chi connectivity index (χ0n) is 10.7. The van der Waals surface area contributed by atoms with Crippen LogP contribution in [0.5, 0.6) is 11.5 Å². The molecular formula is C13H20BrNO3. The van der Waals surface area contributed by atoms with Gasteiger partial charge in [-0.1, -0.05) is 22.9 Å². The van der Waals surface area contributed by atoms with Crippen molar-refractivity contribution in [3.63, 3.8) is 0 Å². The lowest BCUT2D eigenvalue weighted by Crippen LogP contribution is -2.21. The van der Waals surface area contributed by atoms with Crippen LogP contribution in [0.15, 0.2) is 16.6 Å². The van der Waals surface area contributed by atoms with Crippen molar-refractivity contribution in [1.82, 2.24) is 5.32 Å². The second kappa shape index (κ2) is 7.61. The topological polar surface area (TPSA) is 61.7 Å². The van der Waals surface area contributed by atoms with Crippen molar-refractivity contribution in [2.45, 2.75) is 19.9 Å². The monoisotopic (exact) mass is 317 g/mol. The molecule has 1 atom stereocenters. The Morgan fingerprint density at radius 3 is 2.78 bits per heavy atom. The second-order valence-electron chi connectivity index (χ2n) is 4.36. The van der Waals surface area contributed by atoms with Gasteiger partial charge in [0, 0.05) is 17.6 Å². The zero-order valence-corrected chi connectivity index (χ0v) is 12.3. The van der Waals surface area contributed by atoms with Gasteiger partial charge in [-0.3, -0.25) is 0 Å². The molecule has 0 aliphatic carbocycles. The molecule has 0 spiro atoms. The molecule has 102 valence electrons. The molecule has 1 unspecified atom stereocenters. The van der Waals surface area contributed by atoms with Gasteiger partial charge in [0.25, 0.3) is 0 Å². The number of ether oxygens (including phenoxy) is 1. The minimum atomic E-state index is 0.127. The number of halogens is 1. The number of methoxy groups -OCH3 is 1. The van der Waals surface area contributed by atoms with Crippen LogP contribution in [0.3, 0.4) is 0 Å². The lowest BCUT2D eigenvalue weighted by atomic mass is 10.1. The van der Waals surface area contributed by atoms with Gasteiger partial charge in [-0.15, -0.1) is 0 Å². The van der Waals surface area contributed by atoms with Crippen molar-refractivity contribution >= 4 is 15.9 Å². The Morgan fingerprint density at radius 1 is 1.44 bits per heavy atom. The van der Waals surface area contributed by atoms with E-state index in [1.54, 1.807) is 6.07 Å². The summed E-state index contributed by atoms with van der Waals surface area (Å²) in [5.74, 6) is 1.04. The fraction of sp³-hybridized carbons (Fsp3) is 0.538. The quantitative estimate of drug-likeness (QED) is 0.722. The Hall–Kier alpha value is -0.780. The van der Waals surface area contributed by atoms with Gasteiger partial charge in [-0.2, -0.15) is 0 Å². The van der Waals surface area contributed by atoms with Crippen molar-refractivity contribution in [3.05, 3.63) is 22.2 Å². The van der Waals surface area contributed by atoms with Gasteiger partial charge in [0.2, 0.25) is 0 Å². The minimum absolute atomic E-state index is 0.127. The van der Waals surface area contributed by atoms with Crippen LogP contribution in [0.4, 0.5) is 0 Å². The predicted molar refractivity (Wildman–Crippen MR) is 74.9 cm³/mol. The van der Waals surface area contributed by atoms with Gasteiger partial charge in [-0.25, -0.2) is 0 Å². The smallest absolute Gasteiger partial charge is 0.160 e. The summed E-state index contributed by atoms with van der Waals surface area (Å²) in [4.78, 5) is 0. The highest BCUT2D eigenvalue weighted by molar-refractivity contribution is 9.10. The maximum absolute atomic E-state index is 9.60. The first kappa shape index (κ1) is 15.3. The Kier molecular flexibility index (Phi) is 6.46. The molecule has 0 fully saturated rings. The summed E-state index contributed by atoms with van der Waals surface area (Å²) in [7, 11) is 1.53. The number of nitrogens with one attached hydrogen (secondary N) is 1. The van der Waals surface area contributed by atoms with E-state index in [1.165, 1.54) is 7.11 Å². The Balaban J connectivity index is 2.56. The summed E-state index contributed by atoms with van der Waals surface area (Å²) >= 11 is 3.41. The average molecular weight is 318 g/mol. The highest BCUT2D eigenvalue weighted by atomic mass is 79.9. The van der Waals surface area contributed by atoms with Crippen LogP contribution in [0.1, 0.15) is 18.9 Å². The molecule has 0 heterocycles. The number of aromatic hydroxyl groups is 1. The van der Waals surface area contributed by atoms with E-state index >= 15 is 0 Å². The fourth-order valence-corrected chi connectivity index (χ4v) is 2.13. The molecule has 1 aromatic rings. The minimum Gasteiger partial charge on any atom is -0.504 e. The van der Waals surface area contributed by atoms with Gasteiger partial charge in [0.1, 0.15) is 0 Å². The first-order valence-electron chi connectivity index (χ1n) is 5.95. The summed E-state index contributed by atoms with van der Waals surface area (Å²) < 4.78 is 5.93. The van der Waals surface area contributed by atoms with Crippen LogP contribution in [0.25, 0.3) is 0 Å². The number of rotatable bonds is 7. The molecule has 0 saturated carbocycles. The first-order valence-corrected chi connectivity index (χ1v) is 6.74. The molecule has 0 amide bonds. The van der Waals surface area contributed by atoms with E-state index in [1.807, 2.05) is 6.07 Å². The number of aliphatic hydroxyl groups excluding tert-OH is 1. The van der Waals surface area contributed by atoms with Gasteiger partial charge < -0.3 is 20.3 Å². The highest BCUT2D eigenvalue weighted by Crippen LogP contribution is 2.32. The Bertz CT molecular complexity index is 385. The highest BCUT2D eigenvalue weighted by Gasteiger charge is 2.08. The molecule has 0 aromatic heterocycles. The van der Waals surface area contributed by atoms with Crippen LogP contribution in [-0.2, 0) is 6.54 Å². The van der Waals surface area contributed by atoms with Gasteiger partial charge in [0.15, 0.2) is 11.5 Å². The Labute approximate surface area is 116 Å². The van der Waals surface area contributed by atoms with Crippen LogP contribution in [0, 0.1) is 5.92 Å². The molecule has 4 nitrogen and oxygen atoms in total. The van der Waals surface area contributed by atoms with Crippen molar-refractivity contribution in [2.75, 3.05) is 20.3 Å². The molecule has 0 radical (unpaired) electrons. The van der Waals surface area contributed by atoms with E-state index in [4.69, 9.17) is 9.84 Å². The third-order valence-electron chi connectivity index (χ3n) is 2.78. The van der Waals surface area contributed by atoms with Gasteiger partial charge >= 0.3 is 0 Å². The van der Waals surface area contributed by atoms with Crippen molar-refractivity contribution in [3.8, 4) is 11.5 Å². The normalized spacial score (nSPS) is 12.4. The van der Waals surface area contributed by atoms with Crippen LogP contribution >= 0.6 is 15.9 Å². The van der Waals surface area contributed by atoms with Crippen LogP contribution < -0.4 is 10.1 Å². The van der Waals surface area contributed by atoms with E-state index in [-0.39, 0.29) is 12.4 Å². The van der Waals surface area contributed by atoms with Crippen molar-refractivity contribution < 1.29 is 14.9 Å². The molecule has 0 aliphatic heterocycles. The second-order valence-corrected chi connectivity index (χ2v) is 5.22. The number of phenolic OH excluding ortho intramolecular Hbond substituents is 1. The lowest BCUT2D eigenvalue weighted by molar-refractivity contribution is 0.260. The standard InChI is InChI=1S/C13H20BrNO3/c1-9(3-4-16)7-15-8-10-5-13(18-2)12(17)6-11(10)14/h5-6,9,15-17H,3-4,7-8H2,1-2H3. The van der Waals surface area contributed by atoms with Crippen LogP contribution in [-0.4, -0.2) is 30.5 Å². The largest absolute Gasteiger partial charge is 0.504 e. The molecular weight excluding hydrogens is 298 g/mol. The van der Waals surface area contributed by atoms with E-state index in [2.05, 4.69) is 28.2 Å². The molecule has 0 aliphatic rings. The van der Waals surface area contributed by atoms with Gasteiger partial charge in [-0.05, 0) is 36.6 Å². The number of benzene rings is 1. The molecule has 0 saturated heterocycles. The number of phenols is 1. The maximum atomic E-state index is 9.60. The van der Waals surface area contributed by atoms with Gasteiger partial charge in [0.05, 0.1) is 7.11 Å². The van der Waals surface area contributed by atoms with Crippen molar-refractivity contribution in [2.24, 2.45) is 5.92 Å². The number of hydrogen-bond acceptors (Lipinski definition) is 4. The third kappa shape index (κ3) is 4.48. The summed E-state index contributed by atoms with van der Waals surface area (Å²) in [5.41, 5.74) is 1.03. The predicted octanol–water partition coefficient (Wildman–Crippen LogP) is 2.27. The zero-order chi connectivity index (χ0) is 13.5. The molecule has 3 N–H and O–H groups in total. The van der Waals surface area contributed by atoms with Crippen LogP contribution in [0.2, 0.25) is 0 Å². The fourth-order valence-electron chi connectivity index (χ4n) is 1.66. The first-order chi connectivity index (χ1) is 8.58. The molecule has 5 heteroatoms. The van der Waals surface area contributed by atoms with Crippen molar-refractivity contribution in [1.29, 1.82) is 0 Å². The van der Waals surface area contributed by atoms with E-state index in [9.17, 15) is 5.11 Å². The lowest BCUT2D eigenvalue weighted by Gasteiger charge is -2.13. The number of hydrogen-bond donors (Lipinski definition) is 3. The van der Waals surface area contributed by atoms with E-state index < -0.39 is 0 Å². The van der Waals surface area contributed by atoms with E-state index in [0.29, 0.717) is 18.2 Å². The summed E-state index contributed by atoms with van der Waals surface area (Å²) in [6.45, 7) is 3.85. The molecule has 18 heavy (non-hydrogen) atoms. The summed E-state index contributed by atoms with van der Waals surface area (Å²) in [6, 6.07) is 3.44. The Morgan fingerprint density at radius 2 is 2.17 bits per heavy atom. The average Bonchev–Trinajstić information content (AvgIpc) is 2.32. The molecule has 1 rings (SSSR count). The summed E-state index contributed by atoms with van der Waals surface area (Å²) in [6.07, 6.45) is 0.799. The maximum Gasteiger partial charge on any atom is 0.160 e. The molecule has 0 bridgehead atoms. The summed E-state index contributed by atoms with van der Waals surface area (Å²) in [5, 5.41) is 21.7. The molecule has 1 aromatic carbocycles. The van der Waals surface area contributed by atoms with E-state index in [0.717, 1.165) is 23.0 Å². The third-order valence-corrected chi connectivity index (χ3v) is 3.52.